The van der Waals surface area contributed by atoms with Crippen molar-refractivity contribution in [2.45, 2.75) is 137 Å². The number of rotatable bonds is 21. The van der Waals surface area contributed by atoms with Crippen LogP contribution in [0.1, 0.15) is 137 Å². The summed E-state index contributed by atoms with van der Waals surface area (Å²) >= 11 is 0. The quantitative estimate of drug-likeness (QED) is 0.139. The van der Waals surface area contributed by atoms with Crippen molar-refractivity contribution in [3.63, 3.8) is 0 Å². The molecule has 178 valence electrons. The minimum atomic E-state index is -0.444. The van der Waals surface area contributed by atoms with E-state index in [0.29, 0.717) is 19.6 Å². The summed E-state index contributed by atoms with van der Waals surface area (Å²) in [6.07, 6.45) is 18.4. The molecule has 0 aliphatic rings. The highest BCUT2D eigenvalue weighted by molar-refractivity contribution is 5.75. The van der Waals surface area contributed by atoms with Crippen molar-refractivity contribution in [2.75, 3.05) is 13.2 Å². The maximum Gasteiger partial charge on any atom is 0.311 e. The zero-order valence-corrected chi connectivity index (χ0v) is 20.6. The summed E-state index contributed by atoms with van der Waals surface area (Å²) in [5.74, 6) is -0.171. The average molecular weight is 427 g/mol. The summed E-state index contributed by atoms with van der Waals surface area (Å²) in [4.78, 5) is 24.1. The number of hydrogen-bond acceptors (Lipinski definition) is 4. The summed E-state index contributed by atoms with van der Waals surface area (Å²) in [6, 6.07) is 0. The molecular weight excluding hydrogens is 376 g/mol. The maximum atomic E-state index is 12.3. The second-order valence-corrected chi connectivity index (χ2v) is 9.34. The van der Waals surface area contributed by atoms with Gasteiger partial charge in [-0.3, -0.25) is 9.59 Å². The molecular formula is C26H50O4. The van der Waals surface area contributed by atoms with E-state index >= 15 is 0 Å². The van der Waals surface area contributed by atoms with E-state index in [2.05, 4.69) is 13.8 Å². The zero-order chi connectivity index (χ0) is 22.5. The number of esters is 2. The first-order chi connectivity index (χ1) is 14.4. The molecule has 0 fully saturated rings. The molecule has 0 saturated carbocycles. The molecule has 0 saturated heterocycles. The van der Waals surface area contributed by atoms with Crippen molar-refractivity contribution in [1.82, 2.24) is 0 Å². The molecule has 0 bridgehead atoms. The Hall–Kier alpha value is -1.06. The van der Waals surface area contributed by atoms with Crippen molar-refractivity contribution < 1.29 is 19.1 Å². The predicted octanol–water partition coefficient (Wildman–Crippen LogP) is 7.77. The lowest BCUT2D eigenvalue weighted by molar-refractivity contribution is -0.154. The fraction of sp³-hybridized carbons (Fsp3) is 0.923. The summed E-state index contributed by atoms with van der Waals surface area (Å²) in [7, 11) is 0. The zero-order valence-electron chi connectivity index (χ0n) is 20.6. The van der Waals surface area contributed by atoms with Gasteiger partial charge in [0.2, 0.25) is 0 Å². The van der Waals surface area contributed by atoms with Crippen LogP contribution in [0.5, 0.6) is 0 Å². The first-order valence-corrected chi connectivity index (χ1v) is 12.8. The highest BCUT2D eigenvalue weighted by atomic mass is 16.5. The molecule has 0 aliphatic heterocycles. The molecule has 0 atom stereocenters. The van der Waals surface area contributed by atoms with E-state index in [1.165, 1.54) is 51.4 Å². The highest BCUT2D eigenvalue weighted by Crippen LogP contribution is 2.26. The smallest absolute Gasteiger partial charge is 0.311 e. The lowest BCUT2D eigenvalue weighted by atomic mass is 9.87. The molecule has 0 amide bonds. The molecule has 0 aromatic carbocycles. The normalized spacial score (nSPS) is 11.5. The van der Waals surface area contributed by atoms with Gasteiger partial charge in [-0.1, -0.05) is 90.9 Å². The van der Waals surface area contributed by atoms with E-state index in [9.17, 15) is 9.59 Å². The first kappa shape index (κ1) is 28.9. The van der Waals surface area contributed by atoms with Gasteiger partial charge in [-0.2, -0.15) is 0 Å². The van der Waals surface area contributed by atoms with Crippen LogP contribution in [0.3, 0.4) is 0 Å². The lowest BCUT2D eigenvalue weighted by Gasteiger charge is -2.22. The molecule has 0 radical (unpaired) electrons. The fourth-order valence-corrected chi connectivity index (χ4v) is 3.50. The Kier molecular flexibility index (Phi) is 19.2. The van der Waals surface area contributed by atoms with Gasteiger partial charge in [0.1, 0.15) is 0 Å². The number of carbonyl (C=O) groups is 2. The Labute approximate surface area is 186 Å². The molecule has 4 nitrogen and oxygen atoms in total. The van der Waals surface area contributed by atoms with Crippen LogP contribution in [0.15, 0.2) is 0 Å². The van der Waals surface area contributed by atoms with Crippen LogP contribution in [0.25, 0.3) is 0 Å². The third-order valence-electron chi connectivity index (χ3n) is 5.73. The van der Waals surface area contributed by atoms with Gasteiger partial charge in [0.25, 0.3) is 0 Å². The molecule has 0 aromatic heterocycles. The van der Waals surface area contributed by atoms with E-state index in [1.54, 1.807) is 0 Å². The molecule has 0 spiro atoms. The van der Waals surface area contributed by atoms with Crippen molar-refractivity contribution in [3.05, 3.63) is 0 Å². The van der Waals surface area contributed by atoms with Gasteiger partial charge in [0.15, 0.2) is 0 Å². The Morgan fingerprint density at radius 2 is 1.07 bits per heavy atom. The minimum absolute atomic E-state index is 0.0823. The molecule has 0 rings (SSSR count). The van der Waals surface area contributed by atoms with Crippen LogP contribution in [-0.4, -0.2) is 25.2 Å². The Morgan fingerprint density at radius 1 is 0.600 bits per heavy atom. The molecule has 0 aliphatic carbocycles. The molecule has 0 heterocycles. The second-order valence-electron chi connectivity index (χ2n) is 9.34. The minimum Gasteiger partial charge on any atom is -0.466 e. The first-order valence-electron chi connectivity index (χ1n) is 12.8. The monoisotopic (exact) mass is 426 g/mol. The van der Waals surface area contributed by atoms with Gasteiger partial charge >= 0.3 is 11.9 Å². The van der Waals surface area contributed by atoms with E-state index in [0.717, 1.165) is 51.4 Å². The van der Waals surface area contributed by atoms with Gasteiger partial charge in [-0.05, 0) is 39.5 Å². The summed E-state index contributed by atoms with van der Waals surface area (Å²) in [5, 5.41) is 0. The average Bonchev–Trinajstić information content (AvgIpc) is 2.72. The largest absolute Gasteiger partial charge is 0.466 e. The standard InChI is InChI=1S/C26H50O4/c1-5-7-9-11-13-18-22-29-24(27)20-16-15-17-21-26(3,4)25(28)30-23-19-14-12-10-8-6-2/h5-23H2,1-4H3. The third-order valence-corrected chi connectivity index (χ3v) is 5.73. The number of unbranched alkanes of at least 4 members (excludes halogenated alkanes) is 12. The molecule has 4 heteroatoms. The van der Waals surface area contributed by atoms with Crippen LogP contribution >= 0.6 is 0 Å². The molecule has 0 aromatic rings. The number of carbonyl (C=O) groups excluding carboxylic acids is 2. The Balaban J connectivity index is 3.63. The van der Waals surface area contributed by atoms with Crippen LogP contribution < -0.4 is 0 Å². The number of hydrogen-bond donors (Lipinski definition) is 0. The topological polar surface area (TPSA) is 52.6 Å². The Bertz CT molecular complexity index is 417. The molecule has 30 heavy (non-hydrogen) atoms. The van der Waals surface area contributed by atoms with Crippen LogP contribution in [-0.2, 0) is 19.1 Å². The van der Waals surface area contributed by atoms with Crippen LogP contribution in [0.4, 0.5) is 0 Å². The maximum absolute atomic E-state index is 12.3. The van der Waals surface area contributed by atoms with Crippen LogP contribution in [0.2, 0.25) is 0 Å². The van der Waals surface area contributed by atoms with Gasteiger partial charge < -0.3 is 9.47 Å². The molecule has 0 N–H and O–H groups in total. The molecule has 0 unspecified atom stereocenters. The van der Waals surface area contributed by atoms with Crippen molar-refractivity contribution in [3.8, 4) is 0 Å². The summed E-state index contributed by atoms with van der Waals surface area (Å²) in [6.45, 7) is 9.45. The summed E-state index contributed by atoms with van der Waals surface area (Å²) in [5.41, 5.74) is -0.444. The van der Waals surface area contributed by atoms with Gasteiger partial charge in [-0.15, -0.1) is 0 Å². The van der Waals surface area contributed by atoms with E-state index in [-0.39, 0.29) is 11.9 Å². The number of ether oxygens (including phenoxy) is 2. The third kappa shape index (κ3) is 17.8. The van der Waals surface area contributed by atoms with E-state index in [1.807, 2.05) is 13.8 Å². The SMILES string of the molecule is CCCCCCCCOC(=O)CCCCCC(C)(C)C(=O)OCCCCCCCC. The van der Waals surface area contributed by atoms with Gasteiger partial charge in [0.05, 0.1) is 18.6 Å². The fourth-order valence-electron chi connectivity index (χ4n) is 3.50. The van der Waals surface area contributed by atoms with E-state index in [4.69, 9.17) is 9.47 Å². The Morgan fingerprint density at radius 3 is 1.63 bits per heavy atom. The van der Waals surface area contributed by atoms with Crippen molar-refractivity contribution in [2.24, 2.45) is 5.41 Å². The van der Waals surface area contributed by atoms with Crippen molar-refractivity contribution in [1.29, 1.82) is 0 Å². The summed E-state index contributed by atoms with van der Waals surface area (Å²) < 4.78 is 10.8. The van der Waals surface area contributed by atoms with Crippen molar-refractivity contribution >= 4 is 11.9 Å². The lowest BCUT2D eigenvalue weighted by Crippen LogP contribution is -2.27. The van der Waals surface area contributed by atoms with E-state index < -0.39 is 5.41 Å². The predicted molar refractivity (Wildman–Crippen MR) is 126 cm³/mol. The second kappa shape index (κ2) is 19.9. The highest BCUT2D eigenvalue weighted by Gasteiger charge is 2.28. The van der Waals surface area contributed by atoms with Crippen LogP contribution in [0, 0.1) is 5.41 Å². The van der Waals surface area contributed by atoms with Gasteiger partial charge in [-0.25, -0.2) is 0 Å². The van der Waals surface area contributed by atoms with Gasteiger partial charge in [0, 0.05) is 6.42 Å².